The van der Waals surface area contributed by atoms with Crippen molar-refractivity contribution in [2.45, 2.75) is 108 Å². The van der Waals surface area contributed by atoms with Gasteiger partial charge in [-0.1, -0.05) is 24.3 Å². The number of piperidine rings is 2. The Bertz CT molecular complexity index is 1030. The van der Waals surface area contributed by atoms with Crippen molar-refractivity contribution < 1.29 is 23.8 Å². The normalized spacial score (nSPS) is 30.8. The Morgan fingerprint density at radius 3 is 2.34 bits per heavy atom. The summed E-state index contributed by atoms with van der Waals surface area (Å²) >= 11 is 0. The van der Waals surface area contributed by atoms with Gasteiger partial charge in [-0.3, -0.25) is 0 Å². The van der Waals surface area contributed by atoms with Crippen LogP contribution in [0.4, 0.5) is 9.59 Å². The van der Waals surface area contributed by atoms with Crippen LogP contribution in [0.5, 0.6) is 0 Å². The average Bonchev–Trinajstić information content (AvgIpc) is 3.48. The van der Waals surface area contributed by atoms with E-state index in [4.69, 9.17) is 14.2 Å². The number of carbonyl (C=O) groups excluding carboxylic acids is 2. The molecule has 2 bridgehead atoms. The van der Waals surface area contributed by atoms with Crippen LogP contribution in [0.3, 0.4) is 0 Å². The highest BCUT2D eigenvalue weighted by molar-refractivity contribution is 5.70. The smallest absolute Gasteiger partial charge is 0.410 e. The van der Waals surface area contributed by atoms with Gasteiger partial charge in [0.2, 0.25) is 0 Å². The summed E-state index contributed by atoms with van der Waals surface area (Å²) in [6.07, 6.45) is 6.64. The van der Waals surface area contributed by atoms with Gasteiger partial charge in [-0.15, -0.1) is 0 Å². The van der Waals surface area contributed by atoms with Gasteiger partial charge in [0.05, 0.1) is 13.2 Å². The van der Waals surface area contributed by atoms with E-state index in [-0.39, 0.29) is 35.8 Å². The van der Waals surface area contributed by atoms with E-state index in [9.17, 15) is 9.59 Å². The number of likely N-dealkylation sites (tertiary alicyclic amines) is 1. The second kappa shape index (κ2) is 10.0. The molecule has 4 fully saturated rings. The minimum Gasteiger partial charge on any atom is -0.444 e. The van der Waals surface area contributed by atoms with Gasteiger partial charge in [-0.2, -0.15) is 0 Å². The zero-order chi connectivity index (χ0) is 26.5. The summed E-state index contributed by atoms with van der Waals surface area (Å²) < 4.78 is 16.9. The van der Waals surface area contributed by atoms with Crippen LogP contribution in [0.15, 0.2) is 24.3 Å². The van der Waals surface area contributed by atoms with Gasteiger partial charge in [-0.05, 0) is 83.5 Å². The Hall–Kier alpha value is -2.32. The summed E-state index contributed by atoms with van der Waals surface area (Å²) in [7, 11) is 0. The number of amides is 2. The van der Waals surface area contributed by atoms with Crippen LogP contribution in [0.1, 0.15) is 76.8 Å². The summed E-state index contributed by atoms with van der Waals surface area (Å²) in [5.41, 5.74) is 2.12. The SMILES string of the molecule is CC(C)(C)OC(=O)N1Cc2ccccc2C2(CCN(C3CC4CCC(C3)N4C(=O)O[C@@H]3CCOC3)CC2)C1. The number of rotatable bonds is 2. The predicted molar refractivity (Wildman–Crippen MR) is 143 cm³/mol. The van der Waals surface area contributed by atoms with Gasteiger partial charge >= 0.3 is 12.2 Å². The Balaban J connectivity index is 1.11. The first-order valence-corrected chi connectivity index (χ1v) is 14.6. The minimum atomic E-state index is -0.504. The first kappa shape index (κ1) is 25.9. The number of nitrogens with zero attached hydrogens (tertiary/aromatic N) is 3. The van der Waals surface area contributed by atoms with Crippen LogP contribution in [-0.2, 0) is 26.2 Å². The quantitative estimate of drug-likeness (QED) is 0.558. The predicted octanol–water partition coefficient (Wildman–Crippen LogP) is 4.69. The van der Waals surface area contributed by atoms with Crippen molar-refractivity contribution in [3.63, 3.8) is 0 Å². The zero-order valence-corrected chi connectivity index (χ0v) is 23.2. The lowest BCUT2D eigenvalue weighted by molar-refractivity contribution is -0.00313. The first-order chi connectivity index (χ1) is 18.2. The highest BCUT2D eigenvalue weighted by Crippen LogP contribution is 2.45. The van der Waals surface area contributed by atoms with Gasteiger partial charge in [-0.25, -0.2) is 9.59 Å². The first-order valence-electron chi connectivity index (χ1n) is 14.6. The highest BCUT2D eigenvalue weighted by atomic mass is 16.6. The molecule has 5 heterocycles. The largest absolute Gasteiger partial charge is 0.444 e. The summed E-state index contributed by atoms with van der Waals surface area (Å²) in [5.74, 6) is 0. The number of carbonyl (C=O) groups is 2. The molecule has 6 rings (SSSR count). The van der Waals surface area contributed by atoms with Crippen LogP contribution >= 0.6 is 0 Å². The maximum absolute atomic E-state index is 13.1. The second-order valence-corrected chi connectivity index (χ2v) is 13.1. The van der Waals surface area contributed by atoms with Crippen molar-refractivity contribution in [1.29, 1.82) is 0 Å². The van der Waals surface area contributed by atoms with Crippen LogP contribution in [0, 0.1) is 0 Å². The van der Waals surface area contributed by atoms with E-state index in [1.807, 2.05) is 25.7 Å². The lowest BCUT2D eigenvalue weighted by Crippen LogP contribution is -2.58. The number of hydrogen-bond acceptors (Lipinski definition) is 6. The minimum absolute atomic E-state index is 0.0326. The molecule has 1 aromatic carbocycles. The third-order valence-electron chi connectivity index (χ3n) is 9.44. The Labute approximate surface area is 226 Å². The molecule has 1 spiro atoms. The maximum atomic E-state index is 13.1. The molecule has 5 aliphatic heterocycles. The maximum Gasteiger partial charge on any atom is 0.410 e. The molecule has 0 radical (unpaired) electrons. The fraction of sp³-hybridized carbons (Fsp3) is 0.733. The molecule has 0 saturated carbocycles. The highest BCUT2D eigenvalue weighted by Gasteiger charge is 2.49. The second-order valence-electron chi connectivity index (χ2n) is 13.1. The summed E-state index contributed by atoms with van der Waals surface area (Å²) in [6, 6.07) is 9.73. The molecule has 0 aliphatic carbocycles. The third kappa shape index (κ3) is 5.02. The van der Waals surface area contributed by atoms with Gasteiger partial charge in [0.1, 0.15) is 11.7 Å². The third-order valence-corrected chi connectivity index (χ3v) is 9.44. The zero-order valence-electron chi connectivity index (χ0n) is 23.2. The van der Waals surface area contributed by atoms with Crippen molar-refractivity contribution in [3.05, 3.63) is 35.4 Å². The number of benzene rings is 1. The molecular weight excluding hydrogens is 482 g/mol. The number of fused-ring (bicyclic) bond motifs is 4. The van der Waals surface area contributed by atoms with E-state index in [0.29, 0.717) is 32.3 Å². The van der Waals surface area contributed by atoms with Crippen LogP contribution < -0.4 is 0 Å². The molecule has 5 aliphatic rings. The van der Waals surface area contributed by atoms with Crippen molar-refractivity contribution in [2.75, 3.05) is 32.8 Å². The Morgan fingerprint density at radius 2 is 1.68 bits per heavy atom. The Morgan fingerprint density at radius 1 is 0.974 bits per heavy atom. The monoisotopic (exact) mass is 525 g/mol. The average molecular weight is 526 g/mol. The molecule has 8 heteroatoms. The van der Waals surface area contributed by atoms with Gasteiger partial charge in [0.15, 0.2) is 0 Å². The molecule has 8 nitrogen and oxygen atoms in total. The van der Waals surface area contributed by atoms with Gasteiger partial charge in [0.25, 0.3) is 0 Å². The molecule has 3 atom stereocenters. The Kier molecular flexibility index (Phi) is 6.83. The van der Waals surface area contributed by atoms with Gasteiger partial charge < -0.3 is 28.9 Å². The van der Waals surface area contributed by atoms with E-state index in [0.717, 1.165) is 58.0 Å². The van der Waals surface area contributed by atoms with Crippen LogP contribution in [0.25, 0.3) is 0 Å². The van der Waals surface area contributed by atoms with Crippen molar-refractivity contribution in [3.8, 4) is 0 Å². The number of ether oxygens (including phenoxy) is 3. The summed E-state index contributed by atoms with van der Waals surface area (Å²) in [6.45, 7) is 10.4. The van der Waals surface area contributed by atoms with E-state index >= 15 is 0 Å². The van der Waals surface area contributed by atoms with Crippen molar-refractivity contribution in [1.82, 2.24) is 14.7 Å². The van der Waals surface area contributed by atoms with E-state index in [1.54, 1.807) is 0 Å². The van der Waals surface area contributed by atoms with Gasteiger partial charge in [0, 0.05) is 43.1 Å². The molecule has 0 N–H and O–H groups in total. The molecule has 208 valence electrons. The molecule has 0 aromatic heterocycles. The molecule has 4 saturated heterocycles. The summed E-state index contributed by atoms with van der Waals surface area (Å²) in [5, 5.41) is 0. The van der Waals surface area contributed by atoms with Crippen molar-refractivity contribution in [2.24, 2.45) is 0 Å². The molecule has 2 unspecified atom stereocenters. The fourth-order valence-corrected chi connectivity index (χ4v) is 7.64. The van der Waals surface area contributed by atoms with E-state index < -0.39 is 5.60 Å². The lowest BCUT2D eigenvalue weighted by atomic mass is 9.68. The van der Waals surface area contributed by atoms with E-state index in [2.05, 4.69) is 34.1 Å². The van der Waals surface area contributed by atoms with Crippen LogP contribution in [-0.4, -0.2) is 89.6 Å². The number of hydrogen-bond donors (Lipinski definition) is 0. The summed E-state index contributed by atoms with van der Waals surface area (Å²) in [4.78, 5) is 32.7. The molecule has 38 heavy (non-hydrogen) atoms. The van der Waals surface area contributed by atoms with Crippen LogP contribution in [0.2, 0.25) is 0 Å². The molecule has 2 amide bonds. The van der Waals surface area contributed by atoms with E-state index in [1.165, 1.54) is 11.1 Å². The topological polar surface area (TPSA) is 71.6 Å². The standard InChI is InChI=1S/C30H43N3O5/c1-29(2,3)38-27(34)32-18-21-6-4-5-7-26(21)30(20-32)11-13-31(14-12-30)24-16-22-8-9-23(17-24)33(22)28(35)37-25-10-15-36-19-25/h4-7,22-25H,8-20H2,1-3H3/t22?,23?,24?,25-/m1/s1. The van der Waals surface area contributed by atoms with Crippen molar-refractivity contribution >= 4 is 12.2 Å². The molecule has 1 aromatic rings. The lowest BCUT2D eigenvalue weighted by Gasteiger charge is -2.51. The molecular formula is C30H43N3O5. The fourth-order valence-electron chi connectivity index (χ4n) is 7.64.